The van der Waals surface area contributed by atoms with Crippen LogP contribution in [-0.4, -0.2) is 55.2 Å². The maximum atomic E-state index is 12.3. The molecule has 0 fully saturated rings. The zero-order valence-corrected chi connectivity index (χ0v) is 12.2. The summed E-state index contributed by atoms with van der Waals surface area (Å²) in [5.41, 5.74) is 0.179. The molecular formula is C13H17ClN2O4. The highest BCUT2D eigenvalue weighted by Gasteiger charge is 2.20. The molecule has 0 radical (unpaired) electrons. The third-order valence-corrected chi connectivity index (χ3v) is 2.62. The SMILES string of the molecule is CCOC(=O)CN(CCOC)C(=O)c1cccc(Cl)n1. The van der Waals surface area contributed by atoms with Crippen molar-refractivity contribution in [3.05, 3.63) is 29.0 Å². The van der Waals surface area contributed by atoms with Gasteiger partial charge in [-0.3, -0.25) is 9.59 Å². The van der Waals surface area contributed by atoms with Gasteiger partial charge < -0.3 is 14.4 Å². The lowest BCUT2D eigenvalue weighted by Crippen LogP contribution is -2.39. The molecule has 1 rings (SSSR count). The van der Waals surface area contributed by atoms with Crippen LogP contribution in [0.5, 0.6) is 0 Å². The lowest BCUT2D eigenvalue weighted by atomic mass is 10.3. The molecule has 6 nitrogen and oxygen atoms in total. The van der Waals surface area contributed by atoms with E-state index in [9.17, 15) is 9.59 Å². The Balaban J connectivity index is 2.80. The van der Waals surface area contributed by atoms with Gasteiger partial charge in [-0.25, -0.2) is 4.98 Å². The topological polar surface area (TPSA) is 68.7 Å². The van der Waals surface area contributed by atoms with Crippen molar-refractivity contribution in [1.82, 2.24) is 9.88 Å². The number of amides is 1. The highest BCUT2D eigenvalue weighted by Crippen LogP contribution is 2.08. The largest absolute Gasteiger partial charge is 0.465 e. The summed E-state index contributed by atoms with van der Waals surface area (Å²) < 4.78 is 9.77. The Bertz CT molecular complexity index is 467. The molecule has 0 aliphatic heterocycles. The third kappa shape index (κ3) is 5.14. The number of pyridine rings is 1. The first-order valence-electron chi connectivity index (χ1n) is 6.14. The summed E-state index contributed by atoms with van der Waals surface area (Å²) in [6.45, 7) is 2.40. The molecule has 0 saturated carbocycles. The number of carbonyl (C=O) groups is 2. The molecule has 0 N–H and O–H groups in total. The zero-order valence-electron chi connectivity index (χ0n) is 11.5. The summed E-state index contributed by atoms with van der Waals surface area (Å²) in [4.78, 5) is 29.1. The van der Waals surface area contributed by atoms with Crippen LogP contribution in [0.2, 0.25) is 5.15 Å². The van der Waals surface area contributed by atoms with Crippen LogP contribution in [0.3, 0.4) is 0 Å². The molecule has 110 valence electrons. The third-order valence-electron chi connectivity index (χ3n) is 2.41. The van der Waals surface area contributed by atoms with Crippen LogP contribution >= 0.6 is 11.6 Å². The molecule has 0 spiro atoms. The molecule has 7 heteroatoms. The molecule has 1 heterocycles. The van der Waals surface area contributed by atoms with Crippen molar-refractivity contribution >= 4 is 23.5 Å². The molecule has 0 unspecified atom stereocenters. The number of rotatable bonds is 7. The minimum atomic E-state index is -0.473. The quantitative estimate of drug-likeness (QED) is 0.562. The van der Waals surface area contributed by atoms with Gasteiger partial charge in [-0.05, 0) is 19.1 Å². The van der Waals surface area contributed by atoms with Gasteiger partial charge in [0, 0.05) is 13.7 Å². The number of ether oxygens (including phenoxy) is 2. The van der Waals surface area contributed by atoms with Gasteiger partial charge in [0.15, 0.2) is 0 Å². The summed E-state index contributed by atoms with van der Waals surface area (Å²) >= 11 is 5.76. The van der Waals surface area contributed by atoms with E-state index in [4.69, 9.17) is 21.1 Å². The average Bonchev–Trinajstić information content (AvgIpc) is 2.43. The Hall–Kier alpha value is -1.66. The molecule has 0 atom stereocenters. The number of methoxy groups -OCH3 is 1. The zero-order chi connectivity index (χ0) is 15.0. The Morgan fingerprint density at radius 1 is 1.40 bits per heavy atom. The predicted molar refractivity (Wildman–Crippen MR) is 73.7 cm³/mol. The van der Waals surface area contributed by atoms with E-state index < -0.39 is 11.9 Å². The van der Waals surface area contributed by atoms with Crippen LogP contribution in [-0.2, 0) is 14.3 Å². The first-order valence-corrected chi connectivity index (χ1v) is 6.52. The van der Waals surface area contributed by atoms with Crippen molar-refractivity contribution in [1.29, 1.82) is 0 Å². The van der Waals surface area contributed by atoms with Gasteiger partial charge in [0.1, 0.15) is 17.4 Å². The minimum Gasteiger partial charge on any atom is -0.465 e. The number of hydrogen-bond donors (Lipinski definition) is 0. The first-order chi connectivity index (χ1) is 9.58. The van der Waals surface area contributed by atoms with Crippen LogP contribution in [0.25, 0.3) is 0 Å². The fourth-order valence-electron chi connectivity index (χ4n) is 1.51. The summed E-state index contributed by atoms with van der Waals surface area (Å²) in [6.07, 6.45) is 0. The number of aromatic nitrogens is 1. The van der Waals surface area contributed by atoms with E-state index in [0.29, 0.717) is 6.61 Å². The maximum Gasteiger partial charge on any atom is 0.325 e. The second kappa shape index (κ2) is 8.50. The monoisotopic (exact) mass is 300 g/mol. The number of nitrogens with zero attached hydrogens (tertiary/aromatic N) is 2. The van der Waals surface area contributed by atoms with Crippen LogP contribution in [0.1, 0.15) is 17.4 Å². The predicted octanol–water partition coefficient (Wildman–Crippen LogP) is 1.39. The van der Waals surface area contributed by atoms with Gasteiger partial charge >= 0.3 is 5.97 Å². The van der Waals surface area contributed by atoms with E-state index in [0.717, 1.165) is 0 Å². The Kier molecular flexibility index (Phi) is 6.97. The lowest BCUT2D eigenvalue weighted by Gasteiger charge is -2.20. The normalized spacial score (nSPS) is 10.2. The van der Waals surface area contributed by atoms with Crippen LogP contribution in [0, 0.1) is 0 Å². The smallest absolute Gasteiger partial charge is 0.325 e. The van der Waals surface area contributed by atoms with Gasteiger partial charge in [0.25, 0.3) is 5.91 Å². The van der Waals surface area contributed by atoms with Crippen molar-refractivity contribution < 1.29 is 19.1 Å². The van der Waals surface area contributed by atoms with E-state index in [-0.39, 0.29) is 30.5 Å². The molecule has 20 heavy (non-hydrogen) atoms. The number of halogens is 1. The van der Waals surface area contributed by atoms with E-state index >= 15 is 0 Å². The van der Waals surface area contributed by atoms with Crippen molar-refractivity contribution in [3.63, 3.8) is 0 Å². The minimum absolute atomic E-state index is 0.149. The molecule has 0 bridgehead atoms. The van der Waals surface area contributed by atoms with Crippen molar-refractivity contribution in [2.24, 2.45) is 0 Å². The standard InChI is InChI=1S/C13H17ClN2O4/c1-3-20-12(17)9-16(7-8-19-2)13(18)10-5-4-6-11(14)15-10/h4-6H,3,7-9H2,1-2H3. The van der Waals surface area contributed by atoms with E-state index in [1.54, 1.807) is 25.1 Å². The van der Waals surface area contributed by atoms with Crippen molar-refractivity contribution in [3.8, 4) is 0 Å². The number of carbonyl (C=O) groups excluding carboxylic acids is 2. The molecule has 0 aliphatic rings. The first kappa shape index (κ1) is 16.4. The Morgan fingerprint density at radius 3 is 2.75 bits per heavy atom. The Morgan fingerprint density at radius 2 is 2.15 bits per heavy atom. The summed E-state index contributed by atoms with van der Waals surface area (Å²) in [5.74, 6) is -0.864. The molecular weight excluding hydrogens is 284 g/mol. The fourth-order valence-corrected chi connectivity index (χ4v) is 1.67. The van der Waals surface area contributed by atoms with E-state index in [2.05, 4.69) is 4.98 Å². The highest BCUT2D eigenvalue weighted by molar-refractivity contribution is 6.29. The van der Waals surface area contributed by atoms with Crippen LogP contribution in [0.4, 0.5) is 0 Å². The molecule has 1 amide bonds. The highest BCUT2D eigenvalue weighted by atomic mass is 35.5. The van der Waals surface area contributed by atoms with Crippen molar-refractivity contribution in [2.45, 2.75) is 6.92 Å². The van der Waals surface area contributed by atoms with Crippen LogP contribution < -0.4 is 0 Å². The average molecular weight is 301 g/mol. The second-order valence-electron chi connectivity index (χ2n) is 3.87. The summed E-state index contributed by atoms with van der Waals surface area (Å²) in [6, 6.07) is 4.74. The molecule has 1 aromatic heterocycles. The molecule has 1 aromatic rings. The molecule has 0 aliphatic carbocycles. The van der Waals surface area contributed by atoms with E-state index in [1.165, 1.54) is 12.0 Å². The molecule has 0 saturated heterocycles. The lowest BCUT2D eigenvalue weighted by molar-refractivity contribution is -0.143. The maximum absolute atomic E-state index is 12.3. The van der Waals surface area contributed by atoms with Gasteiger partial charge in [0.2, 0.25) is 0 Å². The fraction of sp³-hybridized carbons (Fsp3) is 0.462. The van der Waals surface area contributed by atoms with Gasteiger partial charge in [-0.15, -0.1) is 0 Å². The van der Waals surface area contributed by atoms with Crippen LogP contribution in [0.15, 0.2) is 18.2 Å². The van der Waals surface area contributed by atoms with Gasteiger partial charge in [-0.1, -0.05) is 17.7 Å². The van der Waals surface area contributed by atoms with E-state index in [1.807, 2.05) is 0 Å². The summed E-state index contributed by atoms with van der Waals surface area (Å²) in [5, 5.41) is 0.221. The Labute approximate surface area is 122 Å². The second-order valence-corrected chi connectivity index (χ2v) is 4.26. The van der Waals surface area contributed by atoms with Gasteiger partial charge in [-0.2, -0.15) is 0 Å². The summed E-state index contributed by atoms with van der Waals surface area (Å²) in [7, 11) is 1.52. The number of hydrogen-bond acceptors (Lipinski definition) is 5. The molecule has 0 aromatic carbocycles. The number of esters is 1. The van der Waals surface area contributed by atoms with Gasteiger partial charge in [0.05, 0.1) is 13.2 Å². The van der Waals surface area contributed by atoms with Crippen molar-refractivity contribution in [2.75, 3.05) is 33.4 Å².